The zero-order valence-electron chi connectivity index (χ0n) is 10.1. The van der Waals surface area contributed by atoms with E-state index in [4.69, 9.17) is 17.3 Å². The molecule has 0 spiro atoms. The molecule has 0 fully saturated rings. The number of aromatic nitrogens is 1. The number of nitrogen functional groups attached to an aromatic ring is 1. The number of rotatable bonds is 3. The molecule has 0 aliphatic rings. The van der Waals surface area contributed by atoms with E-state index in [2.05, 4.69) is 4.98 Å². The van der Waals surface area contributed by atoms with Gasteiger partial charge in [0.25, 0.3) is 0 Å². The van der Waals surface area contributed by atoms with Crippen molar-refractivity contribution in [2.75, 3.05) is 5.73 Å². The molecule has 0 atom stereocenters. The molecule has 1 heterocycles. The Labute approximate surface area is 123 Å². The highest BCUT2D eigenvalue weighted by Crippen LogP contribution is 2.35. The third-order valence-corrected chi connectivity index (χ3v) is 3.73. The Kier molecular flexibility index (Phi) is 4.45. The lowest BCUT2D eigenvalue weighted by Gasteiger charge is -2.13. The Balaban J connectivity index is 2.19. The van der Waals surface area contributed by atoms with E-state index < -0.39 is 11.7 Å². The van der Waals surface area contributed by atoms with Gasteiger partial charge in [-0.05, 0) is 29.8 Å². The number of anilines is 1. The first-order valence-corrected chi connectivity index (χ1v) is 6.92. The fourth-order valence-electron chi connectivity index (χ4n) is 1.58. The molecule has 0 aliphatic carbocycles. The van der Waals surface area contributed by atoms with Gasteiger partial charge in [-0.3, -0.25) is 0 Å². The van der Waals surface area contributed by atoms with Crippen LogP contribution < -0.4 is 5.73 Å². The van der Waals surface area contributed by atoms with Crippen LogP contribution in [0.1, 0.15) is 11.1 Å². The minimum atomic E-state index is -4.42. The van der Waals surface area contributed by atoms with Crippen LogP contribution in [-0.4, -0.2) is 4.98 Å². The maximum Gasteiger partial charge on any atom is 0.416 e. The SMILES string of the molecule is Nc1ccc(CSc2ccc(Cl)cn2)c(C(F)(F)F)c1. The summed E-state index contributed by atoms with van der Waals surface area (Å²) in [7, 11) is 0. The number of hydrogen-bond donors (Lipinski definition) is 1. The van der Waals surface area contributed by atoms with Crippen molar-refractivity contribution in [3.8, 4) is 0 Å². The van der Waals surface area contributed by atoms with Crippen LogP contribution in [0.5, 0.6) is 0 Å². The average molecular weight is 319 g/mol. The Morgan fingerprint density at radius 3 is 2.55 bits per heavy atom. The fourth-order valence-corrected chi connectivity index (χ4v) is 2.54. The van der Waals surface area contributed by atoms with E-state index in [1.807, 2.05) is 0 Å². The van der Waals surface area contributed by atoms with Crippen molar-refractivity contribution in [3.63, 3.8) is 0 Å². The van der Waals surface area contributed by atoms with Crippen molar-refractivity contribution in [2.45, 2.75) is 17.0 Å². The molecular weight excluding hydrogens is 309 g/mol. The van der Waals surface area contributed by atoms with Gasteiger partial charge in [0.15, 0.2) is 0 Å². The van der Waals surface area contributed by atoms with Crippen LogP contribution in [0.3, 0.4) is 0 Å². The Morgan fingerprint density at radius 2 is 1.95 bits per heavy atom. The molecule has 2 nitrogen and oxygen atoms in total. The van der Waals surface area contributed by atoms with E-state index in [0.29, 0.717) is 10.0 Å². The molecule has 2 rings (SSSR count). The number of alkyl halides is 3. The monoisotopic (exact) mass is 318 g/mol. The molecule has 0 saturated heterocycles. The first-order valence-electron chi connectivity index (χ1n) is 5.56. The van der Waals surface area contributed by atoms with Crippen molar-refractivity contribution in [3.05, 3.63) is 52.7 Å². The van der Waals surface area contributed by atoms with Crippen molar-refractivity contribution in [1.29, 1.82) is 0 Å². The van der Waals surface area contributed by atoms with Gasteiger partial charge in [-0.1, -0.05) is 17.7 Å². The van der Waals surface area contributed by atoms with E-state index in [0.717, 1.165) is 6.07 Å². The highest BCUT2D eigenvalue weighted by atomic mass is 35.5. The molecule has 1 aromatic carbocycles. The molecule has 0 amide bonds. The molecular formula is C13H10ClF3N2S. The summed E-state index contributed by atoms with van der Waals surface area (Å²) in [6, 6.07) is 7.11. The lowest BCUT2D eigenvalue weighted by atomic mass is 10.1. The molecule has 7 heteroatoms. The number of hydrogen-bond acceptors (Lipinski definition) is 3. The van der Waals surface area contributed by atoms with Gasteiger partial charge in [0.1, 0.15) is 0 Å². The predicted molar refractivity (Wildman–Crippen MR) is 74.7 cm³/mol. The van der Waals surface area contributed by atoms with Crippen molar-refractivity contribution in [2.24, 2.45) is 0 Å². The summed E-state index contributed by atoms with van der Waals surface area (Å²) in [5.41, 5.74) is 4.97. The number of nitrogens with two attached hydrogens (primary N) is 1. The number of thioether (sulfide) groups is 1. The molecule has 1 aromatic heterocycles. The van der Waals surface area contributed by atoms with Crippen LogP contribution in [0.25, 0.3) is 0 Å². The highest BCUT2D eigenvalue weighted by Gasteiger charge is 2.33. The lowest BCUT2D eigenvalue weighted by molar-refractivity contribution is -0.138. The lowest BCUT2D eigenvalue weighted by Crippen LogP contribution is -2.09. The second-order valence-electron chi connectivity index (χ2n) is 4.02. The number of pyridine rings is 1. The van der Waals surface area contributed by atoms with Gasteiger partial charge in [-0.2, -0.15) is 13.2 Å². The maximum absolute atomic E-state index is 12.9. The van der Waals surface area contributed by atoms with Gasteiger partial charge < -0.3 is 5.73 Å². The fraction of sp³-hybridized carbons (Fsp3) is 0.154. The van der Waals surface area contributed by atoms with E-state index in [1.165, 1.54) is 30.1 Å². The van der Waals surface area contributed by atoms with Crippen LogP contribution in [-0.2, 0) is 11.9 Å². The molecule has 0 unspecified atom stereocenters. The van der Waals surface area contributed by atoms with Crippen LogP contribution in [0.15, 0.2) is 41.6 Å². The maximum atomic E-state index is 12.9. The van der Waals surface area contributed by atoms with E-state index in [-0.39, 0.29) is 17.0 Å². The van der Waals surface area contributed by atoms with Crippen LogP contribution in [0.2, 0.25) is 5.02 Å². The second-order valence-corrected chi connectivity index (χ2v) is 5.45. The molecule has 2 aromatic rings. The molecule has 0 saturated carbocycles. The smallest absolute Gasteiger partial charge is 0.399 e. The van der Waals surface area contributed by atoms with Gasteiger partial charge in [0.05, 0.1) is 15.6 Å². The predicted octanol–water partition coefficient (Wildman–Crippen LogP) is 4.63. The normalized spacial score (nSPS) is 11.6. The zero-order valence-corrected chi connectivity index (χ0v) is 11.7. The first kappa shape index (κ1) is 15.0. The van der Waals surface area contributed by atoms with Gasteiger partial charge >= 0.3 is 6.18 Å². The summed E-state index contributed by atoms with van der Waals surface area (Å²) in [5.74, 6) is 0.157. The quantitative estimate of drug-likeness (QED) is 0.662. The summed E-state index contributed by atoms with van der Waals surface area (Å²) < 4.78 is 38.7. The molecule has 2 N–H and O–H groups in total. The summed E-state index contributed by atoms with van der Waals surface area (Å²) in [6.45, 7) is 0. The van der Waals surface area contributed by atoms with E-state index >= 15 is 0 Å². The molecule has 0 bridgehead atoms. The van der Waals surface area contributed by atoms with Gasteiger partial charge in [-0.25, -0.2) is 4.98 Å². The zero-order chi connectivity index (χ0) is 14.8. The second kappa shape index (κ2) is 5.93. The Hall–Kier alpha value is -1.40. The average Bonchev–Trinajstić information content (AvgIpc) is 2.38. The summed E-state index contributed by atoms with van der Waals surface area (Å²) in [4.78, 5) is 4.03. The largest absolute Gasteiger partial charge is 0.416 e. The number of halogens is 4. The molecule has 0 aliphatic heterocycles. The summed E-state index contributed by atoms with van der Waals surface area (Å²) in [6.07, 6.45) is -2.96. The summed E-state index contributed by atoms with van der Waals surface area (Å²) in [5, 5.41) is 1.09. The first-order chi connectivity index (χ1) is 9.36. The molecule has 20 heavy (non-hydrogen) atoms. The number of benzene rings is 1. The highest BCUT2D eigenvalue weighted by molar-refractivity contribution is 7.98. The van der Waals surface area contributed by atoms with Crippen molar-refractivity contribution >= 4 is 29.1 Å². The van der Waals surface area contributed by atoms with Gasteiger partial charge in [0.2, 0.25) is 0 Å². The topological polar surface area (TPSA) is 38.9 Å². The molecule has 0 radical (unpaired) electrons. The van der Waals surface area contributed by atoms with Gasteiger partial charge in [-0.15, -0.1) is 11.8 Å². The standard InChI is InChI=1S/C13H10ClF3N2S/c14-9-2-4-12(19-6-9)20-7-8-1-3-10(18)5-11(8)13(15,16)17/h1-6H,7,18H2. The van der Waals surface area contributed by atoms with Crippen LogP contribution in [0.4, 0.5) is 18.9 Å². The van der Waals surface area contributed by atoms with Crippen molar-refractivity contribution in [1.82, 2.24) is 4.98 Å². The number of nitrogens with zero attached hydrogens (tertiary/aromatic N) is 1. The molecule has 106 valence electrons. The summed E-state index contributed by atoms with van der Waals surface area (Å²) >= 11 is 6.90. The van der Waals surface area contributed by atoms with E-state index in [9.17, 15) is 13.2 Å². The minimum Gasteiger partial charge on any atom is -0.399 e. The minimum absolute atomic E-state index is 0.0932. The van der Waals surface area contributed by atoms with Crippen molar-refractivity contribution < 1.29 is 13.2 Å². The third kappa shape index (κ3) is 3.80. The third-order valence-electron chi connectivity index (χ3n) is 2.52. The van der Waals surface area contributed by atoms with Crippen LogP contribution in [0, 0.1) is 0 Å². The van der Waals surface area contributed by atoms with Crippen LogP contribution >= 0.6 is 23.4 Å². The Morgan fingerprint density at radius 1 is 1.20 bits per heavy atom. The van der Waals surface area contributed by atoms with Gasteiger partial charge in [0, 0.05) is 17.6 Å². The van der Waals surface area contributed by atoms with E-state index in [1.54, 1.807) is 12.1 Å². The Bertz CT molecular complexity index is 600.